The van der Waals surface area contributed by atoms with E-state index in [2.05, 4.69) is 12.2 Å². The maximum atomic E-state index is 12.1. The van der Waals surface area contributed by atoms with Gasteiger partial charge < -0.3 is 20.7 Å². The van der Waals surface area contributed by atoms with Crippen LogP contribution in [-0.2, 0) is 0 Å². The van der Waals surface area contributed by atoms with E-state index in [1.807, 2.05) is 4.90 Å². The molecule has 6 heteroatoms. The molecule has 5 nitrogen and oxygen atoms in total. The standard InChI is InChI=1S/C15H21N3O2S/c1-11-6-8-18(9-7-11)15(19)17-12-2-4-13(5-3-12)20-10-14(16)21/h2-5,11H,6-10H2,1H3,(H2,16,21)(H,17,19). The molecule has 1 fully saturated rings. The summed E-state index contributed by atoms with van der Waals surface area (Å²) in [5, 5.41) is 2.90. The zero-order valence-corrected chi connectivity index (χ0v) is 13.0. The van der Waals surface area contributed by atoms with Gasteiger partial charge in [0, 0.05) is 18.8 Å². The van der Waals surface area contributed by atoms with E-state index in [0.29, 0.717) is 16.7 Å². The molecule has 2 amide bonds. The van der Waals surface area contributed by atoms with Crippen LogP contribution in [0.2, 0.25) is 0 Å². The lowest BCUT2D eigenvalue weighted by Crippen LogP contribution is -2.40. The molecule has 2 rings (SSSR count). The van der Waals surface area contributed by atoms with Gasteiger partial charge in [0.1, 0.15) is 17.3 Å². The number of carbonyl (C=O) groups is 1. The molecule has 1 aliphatic heterocycles. The Morgan fingerprint density at radius 1 is 1.38 bits per heavy atom. The van der Waals surface area contributed by atoms with E-state index in [0.717, 1.165) is 31.6 Å². The Kier molecular flexibility index (Phi) is 5.38. The third kappa shape index (κ3) is 4.90. The van der Waals surface area contributed by atoms with Gasteiger partial charge >= 0.3 is 6.03 Å². The number of benzene rings is 1. The van der Waals surface area contributed by atoms with E-state index in [1.54, 1.807) is 24.3 Å². The van der Waals surface area contributed by atoms with Crippen molar-refractivity contribution in [3.8, 4) is 5.75 Å². The predicted octanol–water partition coefficient (Wildman–Crippen LogP) is 2.62. The quantitative estimate of drug-likeness (QED) is 0.839. The van der Waals surface area contributed by atoms with Crippen molar-refractivity contribution in [2.45, 2.75) is 19.8 Å². The first-order valence-electron chi connectivity index (χ1n) is 7.11. The summed E-state index contributed by atoms with van der Waals surface area (Å²) in [5.74, 6) is 1.38. The second kappa shape index (κ2) is 7.26. The topological polar surface area (TPSA) is 67.6 Å². The van der Waals surface area contributed by atoms with Gasteiger partial charge in [-0.2, -0.15) is 0 Å². The number of anilines is 1. The maximum Gasteiger partial charge on any atom is 0.321 e. The van der Waals surface area contributed by atoms with Crippen molar-refractivity contribution >= 4 is 28.9 Å². The molecule has 1 aliphatic rings. The van der Waals surface area contributed by atoms with Crippen molar-refractivity contribution in [1.82, 2.24) is 4.90 Å². The van der Waals surface area contributed by atoms with Gasteiger partial charge in [0.25, 0.3) is 0 Å². The smallest absolute Gasteiger partial charge is 0.321 e. The predicted molar refractivity (Wildman–Crippen MR) is 87.7 cm³/mol. The Bertz CT molecular complexity index is 496. The summed E-state index contributed by atoms with van der Waals surface area (Å²) in [4.78, 5) is 14.3. The fraction of sp³-hybridized carbons (Fsp3) is 0.467. The van der Waals surface area contributed by atoms with E-state index >= 15 is 0 Å². The van der Waals surface area contributed by atoms with Crippen LogP contribution in [0.5, 0.6) is 5.75 Å². The highest BCUT2D eigenvalue weighted by atomic mass is 32.1. The Morgan fingerprint density at radius 3 is 2.57 bits per heavy atom. The third-order valence-electron chi connectivity index (χ3n) is 3.56. The van der Waals surface area contributed by atoms with Gasteiger partial charge in [0.2, 0.25) is 0 Å². The van der Waals surface area contributed by atoms with Gasteiger partial charge in [0.05, 0.1) is 0 Å². The van der Waals surface area contributed by atoms with Crippen LogP contribution in [-0.4, -0.2) is 35.6 Å². The lowest BCUT2D eigenvalue weighted by Gasteiger charge is -2.30. The molecule has 0 radical (unpaired) electrons. The summed E-state index contributed by atoms with van der Waals surface area (Å²) in [6.07, 6.45) is 2.14. The van der Waals surface area contributed by atoms with Crippen LogP contribution in [0.1, 0.15) is 19.8 Å². The molecule has 0 aliphatic carbocycles. The molecule has 1 heterocycles. The number of piperidine rings is 1. The van der Waals surface area contributed by atoms with Crippen LogP contribution < -0.4 is 15.8 Å². The molecule has 0 saturated carbocycles. The molecule has 114 valence electrons. The van der Waals surface area contributed by atoms with Crippen LogP contribution >= 0.6 is 12.2 Å². The van der Waals surface area contributed by atoms with Gasteiger partial charge in [-0.1, -0.05) is 19.1 Å². The van der Waals surface area contributed by atoms with Gasteiger partial charge in [0.15, 0.2) is 0 Å². The van der Waals surface area contributed by atoms with Crippen LogP contribution in [0.3, 0.4) is 0 Å². The zero-order chi connectivity index (χ0) is 15.2. The summed E-state index contributed by atoms with van der Waals surface area (Å²) >= 11 is 4.75. The molecule has 3 N–H and O–H groups in total. The monoisotopic (exact) mass is 307 g/mol. The first-order chi connectivity index (χ1) is 10.0. The Balaban J connectivity index is 1.85. The van der Waals surface area contributed by atoms with E-state index < -0.39 is 0 Å². The Morgan fingerprint density at radius 2 is 2.00 bits per heavy atom. The van der Waals surface area contributed by atoms with Crippen molar-refractivity contribution in [3.63, 3.8) is 0 Å². The molecule has 21 heavy (non-hydrogen) atoms. The number of hydrogen-bond acceptors (Lipinski definition) is 3. The molecule has 0 unspecified atom stereocenters. The lowest BCUT2D eigenvalue weighted by atomic mass is 10.00. The third-order valence-corrected chi connectivity index (χ3v) is 3.68. The van der Waals surface area contributed by atoms with Crippen LogP contribution in [0, 0.1) is 5.92 Å². The van der Waals surface area contributed by atoms with Crippen molar-refractivity contribution in [2.24, 2.45) is 11.7 Å². The fourth-order valence-corrected chi connectivity index (χ4v) is 2.26. The molecule has 0 aromatic heterocycles. The number of amides is 2. The zero-order valence-electron chi connectivity index (χ0n) is 12.2. The van der Waals surface area contributed by atoms with Gasteiger partial charge in [-0.05, 0) is 43.0 Å². The van der Waals surface area contributed by atoms with E-state index in [1.165, 1.54) is 0 Å². The summed E-state index contributed by atoms with van der Waals surface area (Å²) in [5.41, 5.74) is 6.12. The molecule has 0 bridgehead atoms. The number of nitrogens with one attached hydrogen (secondary N) is 1. The van der Waals surface area contributed by atoms with Crippen molar-refractivity contribution < 1.29 is 9.53 Å². The minimum atomic E-state index is -0.0429. The normalized spacial score (nSPS) is 15.6. The van der Waals surface area contributed by atoms with Gasteiger partial charge in [-0.25, -0.2) is 4.79 Å². The van der Waals surface area contributed by atoms with Crippen molar-refractivity contribution in [3.05, 3.63) is 24.3 Å². The second-order valence-electron chi connectivity index (χ2n) is 5.38. The first-order valence-corrected chi connectivity index (χ1v) is 7.52. The molecule has 0 spiro atoms. The number of nitrogens with two attached hydrogens (primary N) is 1. The lowest BCUT2D eigenvalue weighted by molar-refractivity contribution is 0.186. The largest absolute Gasteiger partial charge is 0.487 e. The van der Waals surface area contributed by atoms with Crippen LogP contribution in [0.4, 0.5) is 10.5 Å². The molecule has 1 aromatic carbocycles. The average Bonchev–Trinajstić information content (AvgIpc) is 2.47. The van der Waals surface area contributed by atoms with Crippen molar-refractivity contribution in [1.29, 1.82) is 0 Å². The molecule has 0 atom stereocenters. The summed E-state index contributed by atoms with van der Waals surface area (Å²) in [6.45, 7) is 4.08. The van der Waals surface area contributed by atoms with Crippen LogP contribution in [0.25, 0.3) is 0 Å². The first kappa shape index (κ1) is 15.6. The van der Waals surface area contributed by atoms with Gasteiger partial charge in [-0.15, -0.1) is 0 Å². The number of hydrogen-bond donors (Lipinski definition) is 2. The number of ether oxygens (including phenoxy) is 1. The van der Waals surface area contributed by atoms with Gasteiger partial charge in [-0.3, -0.25) is 0 Å². The highest BCUT2D eigenvalue weighted by molar-refractivity contribution is 7.80. The number of nitrogens with zero attached hydrogens (tertiary/aromatic N) is 1. The number of urea groups is 1. The SMILES string of the molecule is CC1CCN(C(=O)Nc2ccc(OCC(N)=S)cc2)CC1. The Hall–Kier alpha value is -1.82. The molecular weight excluding hydrogens is 286 g/mol. The number of carbonyl (C=O) groups excluding carboxylic acids is 1. The van der Waals surface area contributed by atoms with E-state index in [4.69, 9.17) is 22.7 Å². The number of rotatable bonds is 4. The molecule has 1 aromatic rings. The highest BCUT2D eigenvalue weighted by Crippen LogP contribution is 2.19. The maximum absolute atomic E-state index is 12.1. The van der Waals surface area contributed by atoms with Crippen LogP contribution in [0.15, 0.2) is 24.3 Å². The average molecular weight is 307 g/mol. The number of likely N-dealkylation sites (tertiary alicyclic amines) is 1. The summed E-state index contributed by atoms with van der Waals surface area (Å²) in [6, 6.07) is 7.13. The fourth-order valence-electron chi connectivity index (χ4n) is 2.20. The molecular formula is C15H21N3O2S. The highest BCUT2D eigenvalue weighted by Gasteiger charge is 2.20. The minimum absolute atomic E-state index is 0.0429. The van der Waals surface area contributed by atoms with E-state index in [-0.39, 0.29) is 12.6 Å². The minimum Gasteiger partial charge on any atom is -0.487 e. The number of thiocarbonyl (C=S) groups is 1. The summed E-state index contributed by atoms with van der Waals surface area (Å²) in [7, 11) is 0. The van der Waals surface area contributed by atoms with Crippen molar-refractivity contribution in [2.75, 3.05) is 25.0 Å². The van der Waals surface area contributed by atoms with E-state index in [9.17, 15) is 4.79 Å². The summed E-state index contributed by atoms with van der Waals surface area (Å²) < 4.78 is 5.37. The molecule has 1 saturated heterocycles. The second-order valence-corrected chi connectivity index (χ2v) is 5.90. The Labute approximate surface area is 130 Å².